The molecule has 0 amide bonds. The number of esters is 1. The van der Waals surface area contributed by atoms with Gasteiger partial charge in [-0.3, -0.25) is 14.9 Å². The van der Waals surface area contributed by atoms with Crippen LogP contribution in [0, 0.1) is 10.1 Å². The molecule has 0 saturated carbocycles. The van der Waals surface area contributed by atoms with E-state index < -0.39 is 10.5 Å². The maximum atomic E-state index is 11.5. The minimum absolute atomic E-state index is 0.0662. The third kappa shape index (κ3) is 6.24. The Morgan fingerprint density at radius 2 is 1.89 bits per heavy atom. The lowest BCUT2D eigenvalue weighted by molar-refractivity contribution is -0.384. The molecule has 0 unspecified atom stereocenters. The summed E-state index contributed by atoms with van der Waals surface area (Å²) in [7, 11) is 0. The molecule has 0 aliphatic carbocycles. The smallest absolute Gasteiger partial charge is 0.307 e. The van der Waals surface area contributed by atoms with Gasteiger partial charge in [0.15, 0.2) is 0 Å². The fraction of sp³-hybridized carbons (Fsp3) is 0.462. The van der Waals surface area contributed by atoms with Gasteiger partial charge in [0.2, 0.25) is 0 Å². The zero-order valence-electron chi connectivity index (χ0n) is 11.2. The molecule has 19 heavy (non-hydrogen) atoms. The molecular formula is C13H17NO4S. The molecule has 0 atom stereocenters. The van der Waals surface area contributed by atoms with Crippen molar-refractivity contribution in [2.75, 3.05) is 5.75 Å². The Labute approximate surface area is 116 Å². The van der Waals surface area contributed by atoms with Gasteiger partial charge in [-0.15, -0.1) is 11.8 Å². The van der Waals surface area contributed by atoms with Gasteiger partial charge in [-0.25, -0.2) is 0 Å². The molecule has 0 aliphatic rings. The van der Waals surface area contributed by atoms with Crippen molar-refractivity contribution in [3.63, 3.8) is 0 Å². The van der Waals surface area contributed by atoms with Crippen molar-refractivity contribution in [1.82, 2.24) is 0 Å². The lowest BCUT2D eigenvalue weighted by Gasteiger charge is -2.19. The summed E-state index contributed by atoms with van der Waals surface area (Å²) in [4.78, 5) is 22.4. The summed E-state index contributed by atoms with van der Waals surface area (Å²) in [5.41, 5.74) is -0.397. The highest BCUT2D eigenvalue weighted by atomic mass is 32.2. The van der Waals surface area contributed by atoms with E-state index in [1.54, 1.807) is 12.1 Å². The Kier molecular flexibility index (Phi) is 5.35. The normalized spacial score (nSPS) is 11.1. The molecule has 0 bridgehead atoms. The van der Waals surface area contributed by atoms with Crippen molar-refractivity contribution in [2.45, 2.75) is 37.7 Å². The van der Waals surface area contributed by atoms with Crippen molar-refractivity contribution in [1.29, 1.82) is 0 Å². The standard InChI is InChI=1S/C13H17NO4S/c1-13(2,3)18-12(15)8-9-19-11-6-4-10(5-7-11)14(16)17/h4-7H,8-9H2,1-3H3. The fourth-order valence-electron chi connectivity index (χ4n) is 1.31. The molecule has 104 valence electrons. The Bertz CT molecular complexity index is 451. The van der Waals surface area contributed by atoms with E-state index in [-0.39, 0.29) is 11.7 Å². The molecule has 0 radical (unpaired) electrons. The van der Waals surface area contributed by atoms with Crippen LogP contribution in [0.3, 0.4) is 0 Å². The first-order chi connectivity index (χ1) is 8.78. The van der Waals surface area contributed by atoms with Crippen LogP contribution in [-0.4, -0.2) is 22.2 Å². The first kappa shape index (κ1) is 15.5. The molecule has 0 aromatic heterocycles. The zero-order chi connectivity index (χ0) is 14.5. The van der Waals surface area contributed by atoms with Crippen LogP contribution in [-0.2, 0) is 9.53 Å². The average molecular weight is 283 g/mol. The number of carbonyl (C=O) groups is 1. The molecule has 0 heterocycles. The van der Waals surface area contributed by atoms with E-state index in [4.69, 9.17) is 4.74 Å². The van der Waals surface area contributed by atoms with Gasteiger partial charge >= 0.3 is 5.97 Å². The van der Waals surface area contributed by atoms with Crippen molar-refractivity contribution >= 4 is 23.4 Å². The van der Waals surface area contributed by atoms with Crippen molar-refractivity contribution in [3.05, 3.63) is 34.4 Å². The largest absolute Gasteiger partial charge is 0.460 e. The van der Waals surface area contributed by atoms with E-state index in [9.17, 15) is 14.9 Å². The third-order valence-electron chi connectivity index (χ3n) is 2.04. The maximum Gasteiger partial charge on any atom is 0.307 e. The summed E-state index contributed by atoms with van der Waals surface area (Å²) in [6, 6.07) is 6.27. The second kappa shape index (κ2) is 6.56. The predicted molar refractivity (Wildman–Crippen MR) is 74.3 cm³/mol. The fourth-order valence-corrected chi connectivity index (χ4v) is 2.14. The van der Waals surface area contributed by atoms with Gasteiger partial charge in [0.1, 0.15) is 5.60 Å². The average Bonchev–Trinajstić information content (AvgIpc) is 2.27. The van der Waals surface area contributed by atoms with Crippen LogP contribution < -0.4 is 0 Å². The molecule has 0 aliphatic heterocycles. The second-order valence-corrected chi connectivity index (χ2v) is 6.10. The van der Waals surface area contributed by atoms with Crippen LogP contribution in [0.5, 0.6) is 0 Å². The molecule has 1 aromatic rings. The van der Waals surface area contributed by atoms with Crippen LogP contribution >= 0.6 is 11.8 Å². The first-order valence-corrected chi connectivity index (χ1v) is 6.85. The van der Waals surface area contributed by atoms with Gasteiger partial charge in [0, 0.05) is 22.8 Å². The summed E-state index contributed by atoms with van der Waals surface area (Å²) in [6.45, 7) is 5.48. The number of ether oxygens (including phenoxy) is 1. The van der Waals surface area contributed by atoms with Crippen LogP contribution in [0.25, 0.3) is 0 Å². The van der Waals surface area contributed by atoms with Gasteiger partial charge < -0.3 is 4.74 Å². The Hall–Kier alpha value is -1.56. The number of hydrogen-bond donors (Lipinski definition) is 0. The van der Waals surface area contributed by atoms with Crippen LogP contribution in [0.15, 0.2) is 29.2 Å². The molecule has 0 N–H and O–H groups in total. The summed E-state index contributed by atoms with van der Waals surface area (Å²) in [5, 5.41) is 10.5. The van der Waals surface area contributed by atoms with Gasteiger partial charge in [-0.1, -0.05) is 0 Å². The summed E-state index contributed by atoms with van der Waals surface area (Å²) in [6.07, 6.45) is 0.318. The van der Waals surface area contributed by atoms with Crippen molar-refractivity contribution in [2.24, 2.45) is 0 Å². The van der Waals surface area contributed by atoms with Gasteiger partial charge in [0.05, 0.1) is 11.3 Å². The number of nitro groups is 1. The monoisotopic (exact) mass is 283 g/mol. The number of benzene rings is 1. The molecule has 6 heteroatoms. The lowest BCUT2D eigenvalue weighted by atomic mass is 10.2. The zero-order valence-corrected chi connectivity index (χ0v) is 12.0. The number of hydrogen-bond acceptors (Lipinski definition) is 5. The number of thioether (sulfide) groups is 1. The highest BCUT2D eigenvalue weighted by Crippen LogP contribution is 2.22. The van der Waals surface area contributed by atoms with E-state index in [1.165, 1.54) is 23.9 Å². The molecule has 0 spiro atoms. The quantitative estimate of drug-likeness (QED) is 0.358. The number of rotatable bonds is 5. The number of carbonyl (C=O) groups excluding carboxylic acids is 1. The summed E-state index contributed by atoms with van der Waals surface area (Å²) in [5.74, 6) is 0.356. The van der Waals surface area contributed by atoms with Gasteiger partial charge in [-0.05, 0) is 32.9 Å². The van der Waals surface area contributed by atoms with E-state index in [2.05, 4.69) is 0 Å². The number of nitro benzene ring substituents is 1. The second-order valence-electron chi connectivity index (χ2n) is 4.94. The number of non-ortho nitro benzene ring substituents is 1. The predicted octanol–water partition coefficient (Wildman–Crippen LogP) is 3.42. The molecule has 1 aromatic carbocycles. The van der Waals surface area contributed by atoms with E-state index in [0.717, 1.165) is 4.90 Å². The van der Waals surface area contributed by atoms with Crippen LogP contribution in [0.4, 0.5) is 5.69 Å². The topological polar surface area (TPSA) is 69.4 Å². The number of nitrogens with zero attached hydrogens (tertiary/aromatic N) is 1. The molecular weight excluding hydrogens is 266 g/mol. The Balaban J connectivity index is 2.37. The van der Waals surface area contributed by atoms with Gasteiger partial charge in [0.25, 0.3) is 5.69 Å². The van der Waals surface area contributed by atoms with E-state index >= 15 is 0 Å². The molecule has 5 nitrogen and oxygen atoms in total. The van der Waals surface area contributed by atoms with Crippen molar-refractivity contribution < 1.29 is 14.5 Å². The lowest BCUT2D eigenvalue weighted by Crippen LogP contribution is -2.23. The Morgan fingerprint density at radius 1 is 1.32 bits per heavy atom. The minimum Gasteiger partial charge on any atom is -0.460 e. The Morgan fingerprint density at radius 3 is 2.37 bits per heavy atom. The maximum absolute atomic E-state index is 11.5. The van der Waals surface area contributed by atoms with E-state index in [1.807, 2.05) is 20.8 Å². The summed E-state index contributed by atoms with van der Waals surface area (Å²) >= 11 is 1.47. The molecule has 1 rings (SSSR count). The van der Waals surface area contributed by atoms with Crippen LogP contribution in [0.1, 0.15) is 27.2 Å². The highest BCUT2D eigenvalue weighted by molar-refractivity contribution is 7.99. The summed E-state index contributed by atoms with van der Waals surface area (Å²) < 4.78 is 5.18. The van der Waals surface area contributed by atoms with Crippen molar-refractivity contribution in [3.8, 4) is 0 Å². The van der Waals surface area contributed by atoms with Crippen LogP contribution in [0.2, 0.25) is 0 Å². The minimum atomic E-state index is -0.463. The first-order valence-electron chi connectivity index (χ1n) is 5.87. The molecule has 0 saturated heterocycles. The van der Waals surface area contributed by atoms with E-state index in [0.29, 0.717) is 12.2 Å². The highest BCUT2D eigenvalue weighted by Gasteiger charge is 2.15. The third-order valence-corrected chi connectivity index (χ3v) is 3.06. The SMILES string of the molecule is CC(C)(C)OC(=O)CCSc1ccc([N+](=O)[O-])cc1. The molecule has 0 fully saturated rings. The van der Waals surface area contributed by atoms with Gasteiger partial charge in [-0.2, -0.15) is 0 Å².